The highest BCUT2D eigenvalue weighted by Gasteiger charge is 2.53. The van der Waals surface area contributed by atoms with E-state index < -0.39 is 58.8 Å². The second-order valence-corrected chi connectivity index (χ2v) is 7.02. The minimum absolute atomic E-state index is 0.208. The van der Waals surface area contributed by atoms with Crippen LogP contribution in [0.2, 0.25) is 0 Å². The van der Waals surface area contributed by atoms with Crippen LogP contribution in [0.25, 0.3) is 0 Å². The van der Waals surface area contributed by atoms with Gasteiger partial charge < -0.3 is 23.7 Å². The average molecular weight is 406 g/mol. The highest BCUT2D eigenvalue weighted by molar-refractivity contribution is 8.00. The fourth-order valence-corrected chi connectivity index (χ4v) is 3.86. The largest absolute Gasteiger partial charge is 0.465 e. The molecule has 0 amide bonds. The number of hydrogen-bond acceptors (Lipinski definition) is 11. The summed E-state index contributed by atoms with van der Waals surface area (Å²) < 4.78 is 25.8. The van der Waals surface area contributed by atoms with Gasteiger partial charge in [0, 0.05) is 34.6 Å². The first-order valence-electron chi connectivity index (χ1n) is 7.99. The zero-order valence-corrected chi connectivity index (χ0v) is 16.4. The molecular formula is C16H22O10S. The molecule has 1 heterocycles. The topological polar surface area (TPSA) is 132 Å². The van der Waals surface area contributed by atoms with Gasteiger partial charge in [-0.2, -0.15) is 0 Å². The fraction of sp³-hybridized carbons (Fsp3) is 0.688. The lowest BCUT2D eigenvalue weighted by Crippen LogP contribution is -2.59. The summed E-state index contributed by atoms with van der Waals surface area (Å²) in [7, 11) is 0. The van der Waals surface area contributed by atoms with Crippen molar-refractivity contribution in [2.75, 3.05) is 6.61 Å². The lowest BCUT2D eigenvalue weighted by molar-refractivity contribution is -0.195. The molecule has 0 aromatic carbocycles. The Morgan fingerprint density at radius 2 is 1.07 bits per heavy atom. The van der Waals surface area contributed by atoms with E-state index in [1.54, 1.807) is 0 Å². The van der Waals surface area contributed by atoms with Crippen LogP contribution in [0, 0.1) is 0 Å². The fourth-order valence-electron chi connectivity index (χ4n) is 2.45. The van der Waals surface area contributed by atoms with Crippen molar-refractivity contribution in [1.29, 1.82) is 0 Å². The quantitative estimate of drug-likeness (QED) is 0.447. The summed E-state index contributed by atoms with van der Waals surface area (Å²) in [6, 6.07) is 0. The summed E-state index contributed by atoms with van der Waals surface area (Å²) >= 11 is 0.967. The predicted octanol–water partition coefficient (Wildman–Crippen LogP) is 0.349. The van der Waals surface area contributed by atoms with Gasteiger partial charge in [-0.1, -0.05) is 0 Å². The van der Waals surface area contributed by atoms with Crippen molar-refractivity contribution in [2.24, 2.45) is 0 Å². The molecule has 0 aliphatic carbocycles. The third kappa shape index (κ3) is 7.45. The molecule has 152 valence electrons. The lowest BCUT2D eigenvalue weighted by Gasteiger charge is -2.43. The molecule has 0 N–H and O–H groups in total. The van der Waals surface area contributed by atoms with E-state index in [1.165, 1.54) is 6.92 Å². The van der Waals surface area contributed by atoms with E-state index in [0.717, 1.165) is 39.5 Å². The average Bonchev–Trinajstić information content (AvgIpc) is 2.49. The molecule has 1 saturated heterocycles. The van der Waals surface area contributed by atoms with Gasteiger partial charge >= 0.3 is 29.8 Å². The van der Waals surface area contributed by atoms with Gasteiger partial charge in [-0.05, 0) is 0 Å². The first-order valence-corrected chi connectivity index (χ1v) is 8.93. The molecule has 0 radical (unpaired) electrons. The first kappa shape index (κ1) is 22.7. The monoisotopic (exact) mass is 406 g/mol. The first-order chi connectivity index (χ1) is 12.5. The van der Waals surface area contributed by atoms with Gasteiger partial charge in [0.1, 0.15) is 6.61 Å². The van der Waals surface area contributed by atoms with Crippen molar-refractivity contribution < 1.29 is 47.7 Å². The van der Waals surface area contributed by atoms with E-state index in [1.807, 2.05) is 0 Å². The summed E-state index contributed by atoms with van der Waals surface area (Å²) in [6.45, 7) is 5.55. The van der Waals surface area contributed by atoms with Crippen LogP contribution in [0.5, 0.6) is 0 Å². The van der Waals surface area contributed by atoms with Gasteiger partial charge in [0.15, 0.2) is 23.7 Å². The third-order valence-corrected chi connectivity index (χ3v) is 4.62. The van der Waals surface area contributed by atoms with E-state index in [9.17, 15) is 24.0 Å². The normalized spacial score (nSPS) is 27.1. The summed E-state index contributed by atoms with van der Waals surface area (Å²) in [5.74, 6) is -3.36. The maximum atomic E-state index is 11.6. The standard InChI is InChI=1S/C16H22O10S/c1-7(17)22-6-12-13(23-8(2)18)14(24-9(3)19)15(25-10(4)20)16(27-12)26-11(5)21/h12-16H,6H2,1-5H3/t12-,13-,14+,15+,16-/m1/s1. The Morgan fingerprint density at radius 1 is 0.630 bits per heavy atom. The highest BCUT2D eigenvalue weighted by atomic mass is 32.2. The Hall–Kier alpha value is -2.30. The van der Waals surface area contributed by atoms with Crippen LogP contribution in [-0.4, -0.2) is 65.5 Å². The van der Waals surface area contributed by atoms with Gasteiger partial charge in [0.2, 0.25) is 0 Å². The van der Waals surface area contributed by atoms with Crippen LogP contribution in [-0.2, 0) is 47.7 Å². The molecule has 0 bridgehead atoms. The third-order valence-electron chi connectivity index (χ3n) is 3.23. The molecule has 1 fully saturated rings. The van der Waals surface area contributed by atoms with Crippen molar-refractivity contribution in [2.45, 2.75) is 63.6 Å². The van der Waals surface area contributed by atoms with Gasteiger partial charge in [-0.15, -0.1) is 11.8 Å². The second-order valence-electron chi connectivity index (χ2n) is 5.68. The van der Waals surface area contributed by atoms with E-state index in [2.05, 4.69) is 0 Å². The summed E-state index contributed by atoms with van der Waals surface area (Å²) in [5.41, 5.74) is -1.07. The number of hydrogen-bond donors (Lipinski definition) is 0. The highest BCUT2D eigenvalue weighted by Crippen LogP contribution is 2.38. The lowest BCUT2D eigenvalue weighted by atomic mass is 10.0. The van der Waals surface area contributed by atoms with E-state index >= 15 is 0 Å². The molecule has 1 rings (SSSR count). The second kappa shape index (κ2) is 10.1. The molecular weight excluding hydrogens is 384 g/mol. The summed E-state index contributed by atoms with van der Waals surface area (Å²) in [5, 5.41) is -0.738. The molecule has 0 spiro atoms. The molecule has 0 unspecified atom stereocenters. The Bertz CT molecular complexity index is 604. The van der Waals surface area contributed by atoms with Gasteiger partial charge in [-0.25, -0.2) is 0 Å². The molecule has 27 heavy (non-hydrogen) atoms. The molecule has 1 aliphatic rings. The maximum absolute atomic E-state index is 11.6. The number of ether oxygens (including phenoxy) is 5. The van der Waals surface area contributed by atoms with Crippen molar-refractivity contribution in [3.8, 4) is 0 Å². The SMILES string of the molecule is CC(=O)OC[C@H]1S[C@@H](OC(C)=O)[C@@H](OC(C)=O)[C@@H](OC(C)=O)[C@@H]1OC(C)=O. The van der Waals surface area contributed by atoms with Crippen molar-refractivity contribution in [1.82, 2.24) is 0 Å². The zero-order chi connectivity index (χ0) is 20.7. The Labute approximate surface area is 160 Å². The maximum Gasteiger partial charge on any atom is 0.303 e. The number of thioether (sulfide) groups is 1. The van der Waals surface area contributed by atoms with Crippen LogP contribution in [0.1, 0.15) is 34.6 Å². The van der Waals surface area contributed by atoms with Crippen molar-refractivity contribution in [3.63, 3.8) is 0 Å². The van der Waals surface area contributed by atoms with Crippen LogP contribution >= 0.6 is 11.8 Å². The Balaban J connectivity index is 3.29. The van der Waals surface area contributed by atoms with Gasteiger partial charge in [-0.3, -0.25) is 24.0 Å². The minimum Gasteiger partial charge on any atom is -0.465 e. The summed E-state index contributed by atoms with van der Waals surface area (Å²) in [6.07, 6.45) is -3.59. The van der Waals surface area contributed by atoms with Crippen LogP contribution in [0.3, 0.4) is 0 Å². The smallest absolute Gasteiger partial charge is 0.303 e. The van der Waals surface area contributed by atoms with Crippen LogP contribution < -0.4 is 0 Å². The number of rotatable bonds is 6. The van der Waals surface area contributed by atoms with E-state index in [0.29, 0.717) is 0 Å². The molecule has 0 aromatic heterocycles. The number of carbonyl (C=O) groups is 5. The van der Waals surface area contributed by atoms with Crippen molar-refractivity contribution >= 4 is 41.6 Å². The van der Waals surface area contributed by atoms with Crippen LogP contribution in [0.15, 0.2) is 0 Å². The molecule has 5 atom stereocenters. The van der Waals surface area contributed by atoms with Crippen LogP contribution in [0.4, 0.5) is 0 Å². The Morgan fingerprint density at radius 3 is 1.52 bits per heavy atom. The molecule has 10 nitrogen and oxygen atoms in total. The van der Waals surface area contributed by atoms with Gasteiger partial charge in [0.25, 0.3) is 0 Å². The van der Waals surface area contributed by atoms with Gasteiger partial charge in [0.05, 0.1) is 5.25 Å². The molecule has 0 aromatic rings. The number of esters is 5. The molecule has 11 heteroatoms. The Kier molecular flexibility index (Phi) is 8.54. The molecule has 1 aliphatic heterocycles. The van der Waals surface area contributed by atoms with E-state index in [-0.39, 0.29) is 6.61 Å². The number of carbonyl (C=O) groups excluding carboxylic acids is 5. The van der Waals surface area contributed by atoms with Crippen molar-refractivity contribution in [3.05, 3.63) is 0 Å². The minimum atomic E-state index is -1.26. The predicted molar refractivity (Wildman–Crippen MR) is 90.2 cm³/mol. The van der Waals surface area contributed by atoms with E-state index in [4.69, 9.17) is 23.7 Å². The summed E-state index contributed by atoms with van der Waals surface area (Å²) in [4.78, 5) is 57.2. The zero-order valence-electron chi connectivity index (χ0n) is 15.6. The molecule has 0 saturated carbocycles.